The first-order valence-electron chi connectivity index (χ1n) is 7.56. The van der Waals surface area contributed by atoms with E-state index >= 15 is 0 Å². The van der Waals surface area contributed by atoms with E-state index in [9.17, 15) is 24.0 Å². The average molecular weight is 396 g/mol. The summed E-state index contributed by atoms with van der Waals surface area (Å²) in [4.78, 5) is 57.4. The van der Waals surface area contributed by atoms with E-state index < -0.39 is 47.7 Å². The van der Waals surface area contributed by atoms with Crippen molar-refractivity contribution in [3.8, 4) is 0 Å². The third-order valence-electron chi connectivity index (χ3n) is 2.96. The summed E-state index contributed by atoms with van der Waals surface area (Å²) >= 11 is 0. The van der Waals surface area contributed by atoms with Crippen molar-refractivity contribution in [2.24, 2.45) is 5.73 Å². The molecular formula is C14H26ClN5O6. The predicted octanol–water partition coefficient (Wildman–Crippen LogP) is -2.83. The molecule has 0 radical (unpaired) electrons. The fraction of sp³-hybridized carbons (Fsp3) is 0.643. The number of ether oxygens (including phenoxy) is 1. The highest BCUT2D eigenvalue weighted by molar-refractivity contribution is 5.92. The minimum atomic E-state index is -0.925. The first kappa shape index (κ1) is 25.8. The van der Waals surface area contributed by atoms with Crippen LogP contribution in [-0.2, 0) is 28.7 Å². The second-order valence-electron chi connectivity index (χ2n) is 5.33. The van der Waals surface area contributed by atoms with Crippen LogP contribution in [0.25, 0.3) is 0 Å². The monoisotopic (exact) mass is 395 g/mol. The topological polar surface area (TPSA) is 169 Å². The van der Waals surface area contributed by atoms with Gasteiger partial charge in [0.1, 0.15) is 12.1 Å². The summed E-state index contributed by atoms with van der Waals surface area (Å²) in [7, 11) is 1.19. The summed E-state index contributed by atoms with van der Waals surface area (Å²) in [5.41, 5.74) is 5.33. The Hall–Kier alpha value is -2.40. The van der Waals surface area contributed by atoms with Gasteiger partial charge in [-0.3, -0.25) is 19.2 Å². The van der Waals surface area contributed by atoms with Gasteiger partial charge in [-0.05, 0) is 20.8 Å². The summed E-state index contributed by atoms with van der Waals surface area (Å²) in [6.45, 7) is 3.62. The Bertz CT molecular complexity index is 528. The third kappa shape index (κ3) is 10.5. The van der Waals surface area contributed by atoms with Crippen molar-refractivity contribution in [2.45, 2.75) is 38.9 Å². The maximum atomic E-state index is 11.8. The predicted molar refractivity (Wildman–Crippen MR) is 94.1 cm³/mol. The van der Waals surface area contributed by atoms with Gasteiger partial charge in [-0.2, -0.15) is 0 Å². The second kappa shape index (κ2) is 12.9. The molecule has 11 nitrogen and oxygen atoms in total. The van der Waals surface area contributed by atoms with Crippen molar-refractivity contribution < 1.29 is 28.7 Å². The summed E-state index contributed by atoms with van der Waals surface area (Å²) in [6.07, 6.45) is 0. The number of nitrogens with two attached hydrogens (primary N) is 1. The molecule has 0 saturated carbocycles. The highest BCUT2D eigenvalue weighted by Gasteiger charge is 2.19. The minimum absolute atomic E-state index is 0. The number of rotatable bonds is 9. The molecule has 0 heterocycles. The summed E-state index contributed by atoms with van der Waals surface area (Å²) in [6, 6.07) is -2.52. The number of halogens is 1. The Labute approximate surface area is 157 Å². The van der Waals surface area contributed by atoms with Gasteiger partial charge in [0.25, 0.3) is 0 Å². The van der Waals surface area contributed by atoms with E-state index in [0.29, 0.717) is 0 Å². The SMILES string of the molecule is COC(=O)[C@H](C)NC(=O)CNC(=O)[C@H](C)NC(=O)CNC(=O)[C@H](C)N.Cl. The lowest BCUT2D eigenvalue weighted by molar-refractivity contribution is -0.144. The van der Waals surface area contributed by atoms with Crippen LogP contribution in [0.15, 0.2) is 0 Å². The number of carbonyl (C=O) groups excluding carboxylic acids is 5. The van der Waals surface area contributed by atoms with E-state index in [1.807, 2.05) is 0 Å². The van der Waals surface area contributed by atoms with Crippen molar-refractivity contribution in [1.82, 2.24) is 21.3 Å². The van der Waals surface area contributed by atoms with E-state index in [0.717, 1.165) is 0 Å². The van der Waals surface area contributed by atoms with Crippen LogP contribution in [0.1, 0.15) is 20.8 Å². The van der Waals surface area contributed by atoms with Crippen LogP contribution in [0.2, 0.25) is 0 Å². The molecule has 0 aromatic carbocycles. The van der Waals surface area contributed by atoms with Gasteiger partial charge in [-0.15, -0.1) is 12.4 Å². The molecular weight excluding hydrogens is 370 g/mol. The molecule has 26 heavy (non-hydrogen) atoms. The van der Waals surface area contributed by atoms with Crippen LogP contribution in [0.5, 0.6) is 0 Å². The smallest absolute Gasteiger partial charge is 0.328 e. The Morgan fingerprint density at radius 3 is 1.69 bits per heavy atom. The molecule has 0 unspecified atom stereocenters. The number of hydrogen-bond acceptors (Lipinski definition) is 7. The van der Waals surface area contributed by atoms with Crippen molar-refractivity contribution in [3.63, 3.8) is 0 Å². The van der Waals surface area contributed by atoms with Crippen LogP contribution in [-0.4, -0.2) is 67.9 Å². The molecule has 0 aliphatic carbocycles. The maximum Gasteiger partial charge on any atom is 0.328 e. The third-order valence-corrected chi connectivity index (χ3v) is 2.96. The Morgan fingerprint density at radius 1 is 0.846 bits per heavy atom. The molecule has 0 spiro atoms. The molecule has 0 aromatic rings. The quantitative estimate of drug-likeness (QED) is 0.262. The number of esters is 1. The molecule has 0 aromatic heterocycles. The van der Waals surface area contributed by atoms with Crippen molar-refractivity contribution in [2.75, 3.05) is 20.2 Å². The molecule has 0 aliphatic rings. The van der Waals surface area contributed by atoms with Crippen LogP contribution in [0, 0.1) is 0 Å². The van der Waals surface area contributed by atoms with Crippen LogP contribution >= 0.6 is 12.4 Å². The molecule has 12 heteroatoms. The Morgan fingerprint density at radius 2 is 1.27 bits per heavy atom. The minimum Gasteiger partial charge on any atom is -0.467 e. The zero-order chi connectivity index (χ0) is 19.6. The molecule has 150 valence electrons. The molecule has 6 N–H and O–H groups in total. The highest BCUT2D eigenvalue weighted by atomic mass is 35.5. The molecule has 3 atom stereocenters. The summed E-state index contributed by atoms with van der Waals surface area (Å²) < 4.78 is 4.45. The highest BCUT2D eigenvalue weighted by Crippen LogP contribution is 1.86. The van der Waals surface area contributed by atoms with Crippen LogP contribution < -0.4 is 27.0 Å². The summed E-state index contributed by atoms with van der Waals surface area (Å²) in [5.74, 6) is -2.89. The van der Waals surface area contributed by atoms with Gasteiger partial charge >= 0.3 is 5.97 Å². The molecule has 0 bridgehead atoms. The van der Waals surface area contributed by atoms with E-state index in [4.69, 9.17) is 5.73 Å². The number of methoxy groups -OCH3 is 1. The molecule has 0 fully saturated rings. The van der Waals surface area contributed by atoms with Gasteiger partial charge in [0.15, 0.2) is 0 Å². The van der Waals surface area contributed by atoms with Crippen molar-refractivity contribution in [1.29, 1.82) is 0 Å². The second-order valence-corrected chi connectivity index (χ2v) is 5.33. The molecule has 0 rings (SSSR count). The van der Waals surface area contributed by atoms with Gasteiger partial charge in [0.2, 0.25) is 23.6 Å². The maximum absolute atomic E-state index is 11.8. The van der Waals surface area contributed by atoms with E-state index in [1.54, 1.807) is 0 Å². The largest absolute Gasteiger partial charge is 0.467 e. The zero-order valence-corrected chi connectivity index (χ0v) is 15.9. The average Bonchev–Trinajstić information content (AvgIpc) is 2.56. The lowest BCUT2D eigenvalue weighted by Crippen LogP contribution is -2.51. The van der Waals surface area contributed by atoms with Gasteiger partial charge in [0, 0.05) is 0 Å². The van der Waals surface area contributed by atoms with Crippen LogP contribution in [0.3, 0.4) is 0 Å². The molecule has 0 aliphatic heterocycles. The number of amides is 4. The zero-order valence-electron chi connectivity index (χ0n) is 15.1. The van der Waals surface area contributed by atoms with E-state index in [-0.39, 0.29) is 25.5 Å². The van der Waals surface area contributed by atoms with E-state index in [2.05, 4.69) is 26.0 Å². The van der Waals surface area contributed by atoms with Gasteiger partial charge < -0.3 is 31.7 Å². The van der Waals surface area contributed by atoms with Crippen LogP contribution in [0.4, 0.5) is 0 Å². The van der Waals surface area contributed by atoms with Gasteiger partial charge in [0.05, 0.1) is 26.2 Å². The number of hydrogen-bond donors (Lipinski definition) is 5. The molecule has 4 amide bonds. The Kier molecular flexibility index (Phi) is 12.8. The van der Waals surface area contributed by atoms with Crippen molar-refractivity contribution in [3.05, 3.63) is 0 Å². The number of carbonyl (C=O) groups is 5. The standard InChI is InChI=1S/C14H25N5O6.ClH/c1-7(15)12(22)16-5-10(20)18-8(2)13(23)17-6-11(21)19-9(3)14(24)25-4;/h7-9H,5-6,15H2,1-4H3,(H,16,22)(H,17,23)(H,18,20)(H,19,21);1H/t7-,8-,9-;/m0./s1. The van der Waals surface area contributed by atoms with Gasteiger partial charge in [-0.1, -0.05) is 0 Å². The fourth-order valence-electron chi connectivity index (χ4n) is 1.54. The van der Waals surface area contributed by atoms with Crippen molar-refractivity contribution >= 4 is 42.0 Å². The first-order chi connectivity index (χ1) is 11.6. The normalized spacial score (nSPS) is 13.1. The lowest BCUT2D eigenvalue weighted by atomic mass is 10.3. The fourth-order valence-corrected chi connectivity index (χ4v) is 1.54. The first-order valence-corrected chi connectivity index (χ1v) is 7.56. The number of nitrogens with one attached hydrogen (secondary N) is 4. The Balaban J connectivity index is 0. The molecule has 0 saturated heterocycles. The summed E-state index contributed by atoms with van der Waals surface area (Å²) in [5, 5.41) is 9.29. The van der Waals surface area contributed by atoms with E-state index in [1.165, 1.54) is 27.9 Å². The lowest BCUT2D eigenvalue weighted by Gasteiger charge is -2.15. The van der Waals surface area contributed by atoms with Gasteiger partial charge in [-0.25, -0.2) is 4.79 Å².